The number of alkyl halides is 2. The molecule has 0 aliphatic carbocycles. The third kappa shape index (κ3) is 4.85. The first kappa shape index (κ1) is 13.3. The summed E-state index contributed by atoms with van der Waals surface area (Å²) in [5.74, 6) is -0.0254. The topological polar surface area (TPSA) is 41.6 Å². The molecule has 1 aliphatic heterocycles. The van der Waals surface area contributed by atoms with Gasteiger partial charge in [-0.05, 0) is 6.92 Å². The first-order valence-corrected chi connectivity index (χ1v) is 5.46. The van der Waals surface area contributed by atoms with Crippen molar-refractivity contribution in [1.29, 1.82) is 0 Å². The zero-order valence-electron chi connectivity index (χ0n) is 9.42. The van der Waals surface area contributed by atoms with Crippen LogP contribution < -0.4 is 5.32 Å². The Morgan fingerprint density at radius 2 is 2.38 bits per heavy atom. The highest BCUT2D eigenvalue weighted by molar-refractivity contribution is 5.76. The first-order valence-electron chi connectivity index (χ1n) is 5.46. The van der Waals surface area contributed by atoms with E-state index >= 15 is 0 Å². The number of rotatable bonds is 5. The van der Waals surface area contributed by atoms with Crippen LogP contribution in [0, 0.1) is 0 Å². The van der Waals surface area contributed by atoms with Gasteiger partial charge in [0.15, 0.2) is 0 Å². The molecule has 0 saturated carbocycles. The number of nitrogens with zero attached hydrogens (tertiary/aromatic N) is 1. The Morgan fingerprint density at radius 3 is 3.00 bits per heavy atom. The highest BCUT2D eigenvalue weighted by atomic mass is 19.3. The lowest BCUT2D eigenvalue weighted by Crippen LogP contribution is -2.51. The van der Waals surface area contributed by atoms with Crippen LogP contribution in [0.15, 0.2) is 0 Å². The monoisotopic (exact) mass is 236 g/mol. The maximum atomic E-state index is 11.7. The van der Waals surface area contributed by atoms with Gasteiger partial charge in [0.1, 0.15) is 6.61 Å². The SMILES string of the molecule is C[C@H]1CN(C(=O)CCOCC(F)F)CCN1. The van der Waals surface area contributed by atoms with Crippen LogP contribution in [-0.4, -0.2) is 56.1 Å². The van der Waals surface area contributed by atoms with E-state index in [0.29, 0.717) is 19.1 Å². The average molecular weight is 236 g/mol. The summed E-state index contributed by atoms with van der Waals surface area (Å²) in [4.78, 5) is 13.4. The van der Waals surface area contributed by atoms with Gasteiger partial charge in [-0.1, -0.05) is 0 Å². The van der Waals surface area contributed by atoms with E-state index in [2.05, 4.69) is 10.1 Å². The molecule has 1 heterocycles. The maximum absolute atomic E-state index is 11.7. The zero-order valence-corrected chi connectivity index (χ0v) is 9.42. The molecule has 94 valence electrons. The molecule has 1 atom stereocenters. The van der Waals surface area contributed by atoms with Crippen LogP contribution >= 0.6 is 0 Å². The van der Waals surface area contributed by atoms with Gasteiger partial charge in [-0.15, -0.1) is 0 Å². The van der Waals surface area contributed by atoms with E-state index in [-0.39, 0.29) is 18.9 Å². The summed E-state index contributed by atoms with van der Waals surface area (Å²) in [6.45, 7) is 3.62. The Kier molecular flexibility index (Phi) is 5.62. The summed E-state index contributed by atoms with van der Waals surface area (Å²) in [6.07, 6.45) is -2.28. The zero-order chi connectivity index (χ0) is 12.0. The van der Waals surface area contributed by atoms with Crippen LogP contribution in [0.1, 0.15) is 13.3 Å². The first-order chi connectivity index (χ1) is 7.59. The molecule has 0 unspecified atom stereocenters. The van der Waals surface area contributed by atoms with Crippen molar-refractivity contribution >= 4 is 5.91 Å². The van der Waals surface area contributed by atoms with Gasteiger partial charge in [-0.25, -0.2) is 8.78 Å². The highest BCUT2D eigenvalue weighted by Gasteiger charge is 2.19. The van der Waals surface area contributed by atoms with Crippen LogP contribution in [0.25, 0.3) is 0 Å². The second-order valence-corrected chi connectivity index (χ2v) is 3.91. The van der Waals surface area contributed by atoms with Crippen molar-refractivity contribution in [2.75, 3.05) is 32.8 Å². The summed E-state index contributed by atoms with van der Waals surface area (Å²) in [5.41, 5.74) is 0. The van der Waals surface area contributed by atoms with Gasteiger partial charge in [-0.3, -0.25) is 4.79 Å². The Hall–Kier alpha value is -0.750. The number of piperazine rings is 1. The second-order valence-electron chi connectivity index (χ2n) is 3.91. The maximum Gasteiger partial charge on any atom is 0.261 e. The number of nitrogens with one attached hydrogen (secondary N) is 1. The van der Waals surface area contributed by atoms with Crippen molar-refractivity contribution in [3.05, 3.63) is 0 Å². The molecule has 0 aromatic heterocycles. The lowest BCUT2D eigenvalue weighted by atomic mass is 10.2. The van der Waals surface area contributed by atoms with Crippen LogP contribution in [0.5, 0.6) is 0 Å². The molecular weight excluding hydrogens is 218 g/mol. The molecular formula is C10H18F2N2O2. The average Bonchev–Trinajstić information content (AvgIpc) is 2.24. The van der Waals surface area contributed by atoms with Gasteiger partial charge >= 0.3 is 0 Å². The van der Waals surface area contributed by atoms with Gasteiger partial charge in [0.25, 0.3) is 6.43 Å². The van der Waals surface area contributed by atoms with E-state index in [0.717, 1.165) is 6.54 Å². The molecule has 1 fully saturated rings. The van der Waals surface area contributed by atoms with E-state index in [1.807, 2.05) is 6.92 Å². The minimum absolute atomic E-state index is 0.0254. The Morgan fingerprint density at radius 1 is 1.62 bits per heavy atom. The molecule has 1 aliphatic rings. The van der Waals surface area contributed by atoms with Crippen molar-refractivity contribution in [3.8, 4) is 0 Å². The van der Waals surface area contributed by atoms with E-state index in [4.69, 9.17) is 0 Å². The van der Waals surface area contributed by atoms with Gasteiger partial charge in [0, 0.05) is 25.7 Å². The van der Waals surface area contributed by atoms with Gasteiger partial charge in [-0.2, -0.15) is 0 Å². The quantitative estimate of drug-likeness (QED) is 0.706. The molecule has 0 radical (unpaired) electrons. The summed E-state index contributed by atoms with van der Waals surface area (Å²) in [6, 6.07) is 0.291. The number of hydrogen-bond donors (Lipinski definition) is 1. The summed E-state index contributed by atoms with van der Waals surface area (Å²) >= 11 is 0. The minimum Gasteiger partial charge on any atom is -0.375 e. The van der Waals surface area contributed by atoms with Crippen LogP contribution in [-0.2, 0) is 9.53 Å². The number of ether oxygens (including phenoxy) is 1. The molecule has 0 aromatic rings. The van der Waals surface area contributed by atoms with Crippen molar-refractivity contribution < 1.29 is 18.3 Å². The number of hydrogen-bond acceptors (Lipinski definition) is 3. The number of carbonyl (C=O) groups is 1. The van der Waals surface area contributed by atoms with Crippen LogP contribution in [0.2, 0.25) is 0 Å². The van der Waals surface area contributed by atoms with Crippen molar-refractivity contribution in [3.63, 3.8) is 0 Å². The molecule has 0 bridgehead atoms. The van der Waals surface area contributed by atoms with E-state index < -0.39 is 13.0 Å². The Labute approximate surface area is 93.9 Å². The fourth-order valence-electron chi connectivity index (χ4n) is 1.65. The molecule has 1 N–H and O–H groups in total. The van der Waals surface area contributed by atoms with Crippen molar-refractivity contribution in [1.82, 2.24) is 10.2 Å². The predicted octanol–water partition coefficient (Wildman–Crippen LogP) is 0.478. The lowest BCUT2D eigenvalue weighted by molar-refractivity contribution is -0.133. The lowest BCUT2D eigenvalue weighted by Gasteiger charge is -2.31. The molecule has 1 saturated heterocycles. The van der Waals surface area contributed by atoms with Crippen LogP contribution in [0.3, 0.4) is 0 Å². The number of carbonyl (C=O) groups excluding carboxylic acids is 1. The van der Waals surface area contributed by atoms with E-state index in [9.17, 15) is 13.6 Å². The normalized spacial score (nSPS) is 21.5. The molecule has 0 spiro atoms. The number of halogens is 2. The predicted molar refractivity (Wildman–Crippen MR) is 55.5 cm³/mol. The minimum atomic E-state index is -2.46. The van der Waals surface area contributed by atoms with Gasteiger partial charge in [0.05, 0.1) is 13.0 Å². The third-order valence-electron chi connectivity index (χ3n) is 2.43. The third-order valence-corrected chi connectivity index (χ3v) is 2.43. The fourth-order valence-corrected chi connectivity index (χ4v) is 1.65. The summed E-state index contributed by atoms with van der Waals surface area (Å²) < 4.78 is 28.1. The Bertz CT molecular complexity index is 227. The summed E-state index contributed by atoms with van der Waals surface area (Å²) in [7, 11) is 0. The molecule has 0 aromatic carbocycles. The van der Waals surface area contributed by atoms with Gasteiger partial charge in [0.2, 0.25) is 5.91 Å². The molecule has 6 heteroatoms. The largest absolute Gasteiger partial charge is 0.375 e. The van der Waals surface area contributed by atoms with E-state index in [1.165, 1.54) is 0 Å². The van der Waals surface area contributed by atoms with Crippen molar-refractivity contribution in [2.45, 2.75) is 25.8 Å². The molecule has 4 nitrogen and oxygen atoms in total. The second kappa shape index (κ2) is 6.75. The fraction of sp³-hybridized carbons (Fsp3) is 0.900. The standard InChI is InChI=1S/C10H18F2N2O2/c1-8-6-14(4-3-13-8)10(15)2-5-16-7-9(11)12/h8-9,13H,2-7H2,1H3/t8-/m0/s1. The van der Waals surface area contributed by atoms with Crippen LogP contribution in [0.4, 0.5) is 8.78 Å². The number of amides is 1. The smallest absolute Gasteiger partial charge is 0.261 e. The highest BCUT2D eigenvalue weighted by Crippen LogP contribution is 2.02. The molecule has 1 amide bonds. The molecule has 16 heavy (non-hydrogen) atoms. The van der Waals surface area contributed by atoms with E-state index in [1.54, 1.807) is 4.90 Å². The van der Waals surface area contributed by atoms with Crippen molar-refractivity contribution in [2.24, 2.45) is 0 Å². The Balaban J connectivity index is 2.14. The summed E-state index contributed by atoms with van der Waals surface area (Å²) in [5, 5.41) is 3.22. The molecule has 1 rings (SSSR count). The van der Waals surface area contributed by atoms with Gasteiger partial charge < -0.3 is 15.0 Å².